The van der Waals surface area contributed by atoms with Crippen molar-refractivity contribution in [3.63, 3.8) is 0 Å². The maximum absolute atomic E-state index is 13.3. The van der Waals surface area contributed by atoms with Gasteiger partial charge in [0.25, 0.3) is 5.56 Å². The molecule has 0 bridgehead atoms. The summed E-state index contributed by atoms with van der Waals surface area (Å²) in [6, 6.07) is 21.4. The minimum absolute atomic E-state index is 0.112. The van der Waals surface area contributed by atoms with Crippen molar-refractivity contribution in [3.8, 4) is 22.8 Å². The molecule has 0 spiro atoms. The van der Waals surface area contributed by atoms with Crippen LogP contribution in [0.15, 0.2) is 95.0 Å². The number of nitrogens with zero attached hydrogens (tertiary/aromatic N) is 6. The minimum atomic E-state index is -0.889. The third-order valence-corrected chi connectivity index (χ3v) is 7.86. The Bertz CT molecular complexity index is 1990. The Labute approximate surface area is 284 Å². The summed E-state index contributed by atoms with van der Waals surface area (Å²) in [4.78, 5) is 59.1. The van der Waals surface area contributed by atoms with E-state index in [1.165, 1.54) is 23.0 Å². The Morgan fingerprint density at radius 1 is 0.938 bits per heavy atom. The van der Waals surface area contributed by atoms with Crippen LogP contribution in [0.3, 0.4) is 0 Å². The van der Waals surface area contributed by atoms with Crippen LogP contribution < -0.4 is 5.56 Å². The lowest BCUT2D eigenvalue weighted by atomic mass is 10.1. The molecule has 48 heavy (non-hydrogen) atoms. The Morgan fingerprint density at radius 3 is 2.23 bits per heavy atom. The lowest BCUT2D eigenvalue weighted by molar-refractivity contribution is -0.0572. The number of rotatable bonds is 9. The van der Waals surface area contributed by atoms with E-state index in [0.29, 0.717) is 15.6 Å². The molecule has 0 aromatic heterocycles. The monoisotopic (exact) mass is 686 g/mol. The van der Waals surface area contributed by atoms with E-state index < -0.39 is 35.9 Å². The summed E-state index contributed by atoms with van der Waals surface area (Å²) in [5.74, 6) is -0.839. The van der Waals surface area contributed by atoms with Crippen molar-refractivity contribution in [2.75, 3.05) is 20.7 Å². The number of halogens is 2. The zero-order valence-electron chi connectivity index (χ0n) is 25.7. The fourth-order valence-corrected chi connectivity index (χ4v) is 5.25. The summed E-state index contributed by atoms with van der Waals surface area (Å²) in [5, 5.41) is 0.936. The van der Waals surface area contributed by atoms with Crippen LogP contribution in [0.5, 0.6) is 0 Å². The molecule has 3 aliphatic heterocycles. The number of esters is 2. The van der Waals surface area contributed by atoms with Crippen molar-refractivity contribution >= 4 is 47.3 Å². The summed E-state index contributed by atoms with van der Waals surface area (Å²) in [6.07, 6.45) is 0.509. The van der Waals surface area contributed by atoms with Crippen LogP contribution in [-0.4, -0.2) is 75.6 Å². The second-order valence-electron chi connectivity index (χ2n) is 11.0. The van der Waals surface area contributed by atoms with Gasteiger partial charge in [-0.3, -0.25) is 9.36 Å². The van der Waals surface area contributed by atoms with Gasteiger partial charge >= 0.3 is 11.9 Å². The molecular weight excluding hydrogens is 659 g/mol. The molecule has 12 nitrogen and oxygen atoms in total. The predicted molar refractivity (Wildman–Crippen MR) is 179 cm³/mol. The molecule has 3 aromatic carbocycles. The van der Waals surface area contributed by atoms with E-state index in [-0.39, 0.29) is 47.2 Å². The first-order valence-electron chi connectivity index (χ1n) is 14.8. The Balaban J connectivity index is 1.34. The molecule has 14 heteroatoms. The first-order valence-corrected chi connectivity index (χ1v) is 15.5. The van der Waals surface area contributed by atoms with Crippen LogP contribution in [0, 0.1) is 0 Å². The van der Waals surface area contributed by atoms with Crippen LogP contribution in [0.2, 0.25) is 10.0 Å². The van der Waals surface area contributed by atoms with Crippen molar-refractivity contribution in [2.24, 2.45) is 4.99 Å². The van der Waals surface area contributed by atoms with Crippen LogP contribution in [0.25, 0.3) is 22.8 Å². The van der Waals surface area contributed by atoms with Gasteiger partial charge in [-0.2, -0.15) is 4.98 Å². The molecule has 0 unspecified atom stereocenters. The Kier molecular flexibility index (Phi) is 9.76. The molecule has 1 saturated heterocycles. The van der Waals surface area contributed by atoms with E-state index in [4.69, 9.17) is 37.4 Å². The second-order valence-corrected chi connectivity index (χ2v) is 11.9. The normalized spacial score (nSPS) is 17.5. The smallest absolute Gasteiger partial charge is 0.338 e. The first kappa shape index (κ1) is 32.8. The minimum Gasteiger partial charge on any atom is -0.459 e. The number of aliphatic imine (C=N–C) groups is 1. The van der Waals surface area contributed by atoms with Gasteiger partial charge < -0.3 is 19.1 Å². The second kappa shape index (κ2) is 14.3. The number of aromatic nitrogens is 4. The van der Waals surface area contributed by atoms with Crippen molar-refractivity contribution < 1.29 is 23.8 Å². The largest absolute Gasteiger partial charge is 0.459 e. The highest BCUT2D eigenvalue weighted by Gasteiger charge is 2.41. The first-order chi connectivity index (χ1) is 23.2. The van der Waals surface area contributed by atoms with Crippen molar-refractivity contribution in [3.05, 3.63) is 117 Å². The average molecular weight is 688 g/mol. The molecule has 0 aliphatic carbocycles. The molecule has 0 amide bonds. The van der Waals surface area contributed by atoms with Gasteiger partial charge in [0.05, 0.1) is 17.5 Å². The molecule has 0 N–H and O–H groups in total. The number of hydrogen-bond acceptors (Lipinski definition) is 10. The zero-order valence-corrected chi connectivity index (χ0v) is 27.2. The Hall–Kier alpha value is -5.17. The molecule has 0 saturated carbocycles. The Morgan fingerprint density at radius 2 is 1.58 bits per heavy atom. The summed E-state index contributed by atoms with van der Waals surface area (Å²) in [6.45, 7) is -0.246. The molecular formula is C34H28Cl2N6O6. The van der Waals surface area contributed by atoms with Gasteiger partial charge in [-0.15, -0.1) is 0 Å². The molecule has 244 valence electrons. The number of benzene rings is 3. The van der Waals surface area contributed by atoms with Crippen LogP contribution in [0.1, 0.15) is 33.4 Å². The maximum Gasteiger partial charge on any atom is 0.338 e. The quantitative estimate of drug-likeness (QED) is 0.108. The summed E-state index contributed by atoms with van der Waals surface area (Å²) in [5.41, 5.74) is 0.979. The summed E-state index contributed by atoms with van der Waals surface area (Å²) < 4.78 is 19.3. The average Bonchev–Trinajstić information content (AvgIpc) is 3.48. The standard InChI is InChI=1S/C34H28Cl2N6O6/c1-41(2)18-37-30-29-31(40-32(43)28(39-29)20-6-4-3-5-7-20)42(19-38-30)27-16-25(48-34(45)22-10-14-24(36)15-11-22)26(47-27)17-46-33(44)21-8-12-23(35)13-9-21/h3-15,18-19,25-27H,16-17H2,1-2H3/t25-,26+,27+/m0/s1. The van der Waals surface area contributed by atoms with Gasteiger partial charge in [0.2, 0.25) is 0 Å². The topological polar surface area (TPSA) is 138 Å². The summed E-state index contributed by atoms with van der Waals surface area (Å²) >= 11 is 12.0. The van der Waals surface area contributed by atoms with Crippen LogP contribution in [-0.2, 0) is 14.2 Å². The highest BCUT2D eigenvalue weighted by atomic mass is 35.5. The molecule has 3 atom stereocenters. The van der Waals surface area contributed by atoms with Crippen LogP contribution in [0.4, 0.5) is 5.82 Å². The van der Waals surface area contributed by atoms with Crippen molar-refractivity contribution in [2.45, 2.75) is 24.9 Å². The molecule has 3 aromatic rings. The van der Waals surface area contributed by atoms with E-state index in [1.807, 2.05) is 20.2 Å². The van der Waals surface area contributed by atoms with Gasteiger partial charge in [-0.1, -0.05) is 53.5 Å². The highest BCUT2D eigenvalue weighted by molar-refractivity contribution is 6.31. The predicted octanol–water partition coefficient (Wildman–Crippen LogP) is 5.70. The van der Waals surface area contributed by atoms with Crippen molar-refractivity contribution in [1.29, 1.82) is 0 Å². The third-order valence-electron chi connectivity index (χ3n) is 7.35. The number of carbonyl (C=O) groups is 2. The highest BCUT2D eigenvalue weighted by Crippen LogP contribution is 2.36. The van der Waals surface area contributed by atoms with Gasteiger partial charge in [0, 0.05) is 36.1 Å². The van der Waals surface area contributed by atoms with Gasteiger partial charge in [-0.05, 0) is 48.5 Å². The number of carbonyl (C=O) groups excluding carboxylic acids is 2. The molecule has 0 radical (unpaired) electrons. The number of ether oxygens (including phenoxy) is 3. The summed E-state index contributed by atoms with van der Waals surface area (Å²) in [7, 11) is 3.62. The fraction of sp³-hybridized carbons (Fsp3) is 0.206. The SMILES string of the molecule is CN(C)C=Nc1ncn([C@H]2C[C@H](OC(=O)c3ccc(Cl)cc3)[C@@H](COC(=O)c3ccc(Cl)cc3)O2)c2nc(=O)c(-c3ccccc3)nc1-2. The van der Waals surface area contributed by atoms with Crippen molar-refractivity contribution in [1.82, 2.24) is 24.4 Å². The lowest BCUT2D eigenvalue weighted by Gasteiger charge is -2.21. The zero-order chi connectivity index (χ0) is 33.8. The molecule has 3 heterocycles. The molecule has 6 rings (SSSR count). The van der Waals surface area contributed by atoms with Gasteiger partial charge in [0.15, 0.2) is 17.3 Å². The lowest BCUT2D eigenvalue weighted by Crippen LogP contribution is -2.32. The number of hydrogen-bond donors (Lipinski definition) is 0. The third kappa shape index (κ3) is 7.36. The maximum atomic E-state index is 13.3. The van der Waals surface area contributed by atoms with Gasteiger partial charge in [0.1, 0.15) is 37.1 Å². The van der Waals surface area contributed by atoms with E-state index in [0.717, 1.165) is 0 Å². The molecule has 3 aliphatic rings. The number of fused-ring (bicyclic) bond motifs is 1. The molecule has 1 fully saturated rings. The van der Waals surface area contributed by atoms with Crippen LogP contribution >= 0.6 is 23.2 Å². The van der Waals surface area contributed by atoms with Gasteiger partial charge in [-0.25, -0.2) is 24.5 Å². The van der Waals surface area contributed by atoms with E-state index in [2.05, 4.69) is 19.9 Å². The fourth-order valence-electron chi connectivity index (χ4n) is 5.00. The van der Waals surface area contributed by atoms with E-state index >= 15 is 0 Å². The van der Waals surface area contributed by atoms with E-state index in [1.54, 1.807) is 71.9 Å². The van der Waals surface area contributed by atoms with E-state index in [9.17, 15) is 14.4 Å².